The van der Waals surface area contributed by atoms with Crippen molar-refractivity contribution in [3.63, 3.8) is 0 Å². The molecule has 0 aliphatic rings. The number of aromatic amines is 1. The summed E-state index contributed by atoms with van der Waals surface area (Å²) in [6.45, 7) is 3.37. The molecular formula is C12H12N2O2. The van der Waals surface area contributed by atoms with Gasteiger partial charge in [-0.3, -0.25) is 14.7 Å². The predicted octanol–water partition coefficient (Wildman–Crippen LogP) is 1.68. The van der Waals surface area contributed by atoms with E-state index >= 15 is 0 Å². The van der Waals surface area contributed by atoms with E-state index in [1.54, 1.807) is 0 Å². The number of nitrogens with one attached hydrogen (secondary N) is 1. The van der Waals surface area contributed by atoms with E-state index in [0.29, 0.717) is 5.69 Å². The second-order valence-corrected chi connectivity index (χ2v) is 3.74. The summed E-state index contributed by atoms with van der Waals surface area (Å²) in [5.74, 6) is -0.150. The maximum Gasteiger partial charge on any atom is 0.271 e. The van der Waals surface area contributed by atoms with Crippen LogP contribution in [0.5, 0.6) is 0 Å². The van der Waals surface area contributed by atoms with Crippen LogP contribution in [0.3, 0.4) is 0 Å². The Kier molecular flexibility index (Phi) is 2.48. The number of rotatable bonds is 2. The summed E-state index contributed by atoms with van der Waals surface area (Å²) in [5, 5.41) is 2.78. The first-order chi connectivity index (χ1) is 7.58. The monoisotopic (exact) mass is 216 g/mol. The molecule has 0 fully saturated rings. The third-order valence-electron chi connectivity index (χ3n) is 2.36. The van der Waals surface area contributed by atoms with E-state index < -0.39 is 0 Å². The zero-order chi connectivity index (χ0) is 11.7. The van der Waals surface area contributed by atoms with Crippen LogP contribution in [-0.2, 0) is 0 Å². The number of nitrogens with zero attached hydrogens (tertiary/aromatic N) is 1. The molecule has 0 saturated heterocycles. The first kappa shape index (κ1) is 10.4. The first-order valence-corrected chi connectivity index (χ1v) is 4.98. The molecule has 0 aliphatic carbocycles. The maximum atomic E-state index is 11.6. The van der Waals surface area contributed by atoms with Gasteiger partial charge in [0.25, 0.3) is 5.56 Å². The standard InChI is InChI=1S/C12H12N2O2/c1-8-4-3-5-10(6-8)14-12(16)7-11(13-14)9(2)15/h3-7,13H,1-2H3. The van der Waals surface area contributed by atoms with E-state index in [1.165, 1.54) is 17.7 Å². The number of hydrogen-bond acceptors (Lipinski definition) is 2. The summed E-state index contributed by atoms with van der Waals surface area (Å²) < 4.78 is 1.36. The van der Waals surface area contributed by atoms with E-state index in [9.17, 15) is 9.59 Å². The minimum absolute atomic E-state index is 0.150. The Morgan fingerprint density at radius 3 is 2.62 bits per heavy atom. The van der Waals surface area contributed by atoms with Gasteiger partial charge in [-0.25, -0.2) is 4.68 Å². The molecule has 4 nitrogen and oxygen atoms in total. The molecule has 0 aliphatic heterocycles. The van der Waals surface area contributed by atoms with Gasteiger partial charge < -0.3 is 0 Å². The van der Waals surface area contributed by atoms with Crippen molar-refractivity contribution in [3.8, 4) is 5.69 Å². The fourth-order valence-electron chi connectivity index (χ4n) is 1.54. The molecule has 16 heavy (non-hydrogen) atoms. The Labute approximate surface area is 92.5 Å². The van der Waals surface area contributed by atoms with E-state index in [-0.39, 0.29) is 11.3 Å². The van der Waals surface area contributed by atoms with Gasteiger partial charge in [0.2, 0.25) is 0 Å². The van der Waals surface area contributed by atoms with E-state index in [4.69, 9.17) is 0 Å². The second kappa shape index (κ2) is 3.81. The molecule has 0 bridgehead atoms. The van der Waals surface area contributed by atoms with Crippen molar-refractivity contribution in [2.45, 2.75) is 13.8 Å². The molecular weight excluding hydrogens is 204 g/mol. The fraction of sp³-hybridized carbons (Fsp3) is 0.167. The van der Waals surface area contributed by atoms with Crippen molar-refractivity contribution in [1.29, 1.82) is 0 Å². The number of hydrogen-bond donors (Lipinski definition) is 1. The van der Waals surface area contributed by atoms with Crippen LogP contribution >= 0.6 is 0 Å². The molecule has 0 atom stereocenters. The van der Waals surface area contributed by atoms with Gasteiger partial charge in [-0.1, -0.05) is 12.1 Å². The molecule has 0 spiro atoms. The summed E-state index contributed by atoms with van der Waals surface area (Å²) in [5.41, 5.74) is 1.89. The number of aryl methyl sites for hydroxylation is 1. The predicted molar refractivity (Wildman–Crippen MR) is 61.1 cm³/mol. The average Bonchev–Trinajstić information content (AvgIpc) is 2.60. The summed E-state index contributed by atoms with van der Waals surface area (Å²) in [4.78, 5) is 22.8. The van der Waals surface area contributed by atoms with Crippen molar-refractivity contribution in [3.05, 3.63) is 51.9 Å². The van der Waals surface area contributed by atoms with E-state index in [2.05, 4.69) is 5.10 Å². The first-order valence-electron chi connectivity index (χ1n) is 4.98. The van der Waals surface area contributed by atoms with E-state index in [0.717, 1.165) is 11.3 Å². The van der Waals surface area contributed by atoms with Crippen LogP contribution in [0.25, 0.3) is 5.69 Å². The van der Waals surface area contributed by atoms with Crippen LogP contribution in [0.2, 0.25) is 0 Å². The van der Waals surface area contributed by atoms with Crippen molar-refractivity contribution in [2.75, 3.05) is 0 Å². The third kappa shape index (κ3) is 1.82. The van der Waals surface area contributed by atoms with E-state index in [1.807, 2.05) is 31.2 Å². The van der Waals surface area contributed by atoms with Gasteiger partial charge in [-0.05, 0) is 24.6 Å². The lowest BCUT2D eigenvalue weighted by atomic mass is 10.2. The molecule has 2 aromatic rings. The van der Waals surface area contributed by atoms with Crippen molar-refractivity contribution in [1.82, 2.24) is 9.78 Å². The maximum absolute atomic E-state index is 11.6. The Morgan fingerprint density at radius 1 is 1.31 bits per heavy atom. The van der Waals surface area contributed by atoms with Crippen LogP contribution in [-0.4, -0.2) is 15.6 Å². The van der Waals surface area contributed by atoms with Crippen LogP contribution in [0.1, 0.15) is 23.0 Å². The lowest BCUT2D eigenvalue weighted by Gasteiger charge is -2.02. The van der Waals surface area contributed by atoms with Crippen molar-refractivity contribution < 1.29 is 4.79 Å². The molecule has 0 radical (unpaired) electrons. The van der Waals surface area contributed by atoms with Gasteiger partial charge in [-0.2, -0.15) is 0 Å². The lowest BCUT2D eigenvalue weighted by molar-refractivity contribution is 0.101. The largest absolute Gasteiger partial charge is 0.293 e. The van der Waals surface area contributed by atoms with Crippen molar-refractivity contribution in [2.24, 2.45) is 0 Å². The van der Waals surface area contributed by atoms with Crippen LogP contribution in [0.4, 0.5) is 0 Å². The number of benzene rings is 1. The minimum Gasteiger partial charge on any atom is -0.293 e. The summed E-state index contributed by atoms with van der Waals surface area (Å²) in [6, 6.07) is 8.82. The number of Topliss-reactive ketones (excluding diaryl/α,β-unsaturated/α-hetero) is 1. The van der Waals surface area contributed by atoms with Crippen LogP contribution in [0.15, 0.2) is 35.1 Å². The summed E-state index contributed by atoms with van der Waals surface area (Å²) >= 11 is 0. The van der Waals surface area contributed by atoms with Crippen LogP contribution in [0, 0.1) is 6.92 Å². The molecule has 1 aromatic carbocycles. The smallest absolute Gasteiger partial charge is 0.271 e. The normalized spacial score (nSPS) is 10.4. The van der Waals surface area contributed by atoms with Gasteiger partial charge in [0.15, 0.2) is 5.78 Å². The Morgan fingerprint density at radius 2 is 2.06 bits per heavy atom. The quantitative estimate of drug-likeness (QED) is 0.776. The lowest BCUT2D eigenvalue weighted by Crippen LogP contribution is -2.13. The molecule has 1 heterocycles. The molecule has 0 amide bonds. The number of aromatic nitrogens is 2. The molecule has 0 unspecified atom stereocenters. The minimum atomic E-state index is -0.226. The molecule has 4 heteroatoms. The topological polar surface area (TPSA) is 54.9 Å². The number of carbonyl (C=O) groups excluding carboxylic acids is 1. The van der Waals surface area contributed by atoms with Gasteiger partial charge in [0, 0.05) is 13.0 Å². The molecule has 82 valence electrons. The molecule has 1 aromatic heterocycles. The van der Waals surface area contributed by atoms with Gasteiger partial charge in [-0.15, -0.1) is 0 Å². The SMILES string of the molecule is CC(=O)c1cc(=O)n(-c2cccc(C)c2)[nH]1. The Balaban J connectivity index is 2.56. The third-order valence-corrected chi connectivity index (χ3v) is 2.36. The molecule has 0 saturated carbocycles. The van der Waals surface area contributed by atoms with Gasteiger partial charge in [0.1, 0.15) is 5.69 Å². The Bertz CT molecular complexity index is 593. The molecule has 1 N–H and O–H groups in total. The molecule has 2 rings (SSSR count). The van der Waals surface area contributed by atoms with Gasteiger partial charge >= 0.3 is 0 Å². The van der Waals surface area contributed by atoms with Crippen molar-refractivity contribution >= 4 is 5.78 Å². The van der Waals surface area contributed by atoms with Crippen LogP contribution < -0.4 is 5.56 Å². The second-order valence-electron chi connectivity index (χ2n) is 3.74. The number of H-pyrrole nitrogens is 1. The summed E-state index contributed by atoms with van der Waals surface area (Å²) in [6.07, 6.45) is 0. The van der Waals surface area contributed by atoms with Gasteiger partial charge in [0.05, 0.1) is 5.69 Å². The Hall–Kier alpha value is -2.10. The number of ketones is 1. The zero-order valence-electron chi connectivity index (χ0n) is 9.15. The average molecular weight is 216 g/mol. The highest BCUT2D eigenvalue weighted by Crippen LogP contribution is 2.07. The zero-order valence-corrected chi connectivity index (χ0v) is 9.15. The fourth-order valence-corrected chi connectivity index (χ4v) is 1.54. The summed E-state index contributed by atoms with van der Waals surface area (Å²) in [7, 11) is 0. The highest BCUT2D eigenvalue weighted by atomic mass is 16.1. The number of carbonyl (C=O) groups is 1. The highest BCUT2D eigenvalue weighted by Gasteiger charge is 2.07. The highest BCUT2D eigenvalue weighted by molar-refractivity contribution is 5.91.